The van der Waals surface area contributed by atoms with Crippen LogP contribution in [0.4, 0.5) is 22.7 Å². The van der Waals surface area contributed by atoms with Gasteiger partial charge < -0.3 is 58.3 Å². The molecule has 0 spiro atoms. The van der Waals surface area contributed by atoms with Crippen molar-refractivity contribution in [3.05, 3.63) is 259 Å². The second-order valence-electron chi connectivity index (χ2n) is 26.2. The Morgan fingerprint density at radius 2 is 0.469 bits per heavy atom. The summed E-state index contributed by atoms with van der Waals surface area (Å²) < 4.78 is 45.8. The molecule has 28 nitrogen and oxygen atoms in total. The van der Waals surface area contributed by atoms with E-state index in [1.807, 2.05) is 0 Å². The molecule has 4 aliphatic rings. The Bertz CT molecular complexity index is 4710. The van der Waals surface area contributed by atoms with E-state index in [1.54, 1.807) is 48.5 Å². The van der Waals surface area contributed by atoms with E-state index in [2.05, 4.69) is 23.7 Å². The number of rotatable bonds is 32. The Hall–Kier alpha value is -13.9. The van der Waals surface area contributed by atoms with Crippen LogP contribution in [0, 0.1) is 54.8 Å². The highest BCUT2D eigenvalue weighted by Crippen LogP contribution is 2.35. The molecule has 4 atom stereocenters. The van der Waals surface area contributed by atoms with Gasteiger partial charge >= 0.3 is 23.9 Å². The summed E-state index contributed by atoms with van der Waals surface area (Å²) in [5, 5.41) is 45.0. The summed E-state index contributed by atoms with van der Waals surface area (Å²) >= 11 is 0. The van der Waals surface area contributed by atoms with Gasteiger partial charge in [-0.2, -0.15) is 0 Å². The molecule has 0 bridgehead atoms. The molecule has 0 saturated carbocycles. The quantitative estimate of drug-likeness (QED) is 0.0162. The summed E-state index contributed by atoms with van der Waals surface area (Å²) in [4.78, 5) is 165. The van der Waals surface area contributed by atoms with E-state index in [1.165, 1.54) is 121 Å². The number of imide groups is 4. The van der Waals surface area contributed by atoms with Gasteiger partial charge in [0.1, 0.15) is 50.8 Å². The van der Waals surface area contributed by atoms with Crippen LogP contribution in [0.5, 0.6) is 0 Å². The standard InChI is InChI=1S/C85H64N4O24/c1-5-49-9-21-57(22-10-49)86-73(94)65-29-17-53(33-69(65)77(86)98)81(102)110-41-61(90)37-106-45-85(46-107-38-62(91)42-111-82(103)54-18-30-66-70(34-54)78(99)87(74(66)95)58-23-11-50(6-2)12-24-58,47-108-39-63(92)43-112-83(104)55-19-31-67-71(35-55)79(100)88(75(67)96)59-25-13-51(7-3)14-26-59)48-109-40-64(93)44-113-84(105)56-20-32-68-72(36-56)80(101)89(76(68)97)60-27-15-52(8-4)16-28-60/h1-4,9-36,61-64,90-93H,37-48H2. The minimum Gasteiger partial charge on any atom is -0.459 e. The third-order valence-corrected chi connectivity index (χ3v) is 18.2. The molecule has 568 valence electrons. The van der Waals surface area contributed by atoms with Crippen LogP contribution in [0.15, 0.2) is 170 Å². The van der Waals surface area contributed by atoms with Crippen molar-refractivity contribution >= 4 is 93.9 Å². The number of amides is 8. The number of carbonyl (C=O) groups is 12. The Kier molecular flexibility index (Phi) is 23.9. The number of fused-ring (bicyclic) bond motifs is 4. The first kappa shape index (κ1) is 78.7. The fraction of sp³-hybridized carbons (Fsp3) is 0.200. The summed E-state index contributed by atoms with van der Waals surface area (Å²) in [6, 6.07) is 39.1. The minimum absolute atomic E-state index is 0.00595. The van der Waals surface area contributed by atoms with Crippen LogP contribution < -0.4 is 19.6 Å². The number of hydrogen-bond acceptors (Lipinski definition) is 24. The van der Waals surface area contributed by atoms with E-state index < -0.39 is 180 Å². The van der Waals surface area contributed by atoms with Crippen LogP contribution in [-0.4, -0.2) is 195 Å². The second kappa shape index (κ2) is 34.4. The molecule has 4 heterocycles. The summed E-state index contributed by atoms with van der Waals surface area (Å²) in [6.07, 6.45) is 15.5. The first-order chi connectivity index (χ1) is 54.4. The SMILES string of the molecule is C#Cc1ccc(N2C(=O)c3ccc(C(=O)OCC(O)COCC(COCC(O)COC(=O)c4ccc5c(c4)C(=O)N(c4ccc(C#C)cc4)C5=O)(COCC(O)COC(=O)c4ccc5c(c4)C(=O)N(c4ccc(C#C)cc4)C5=O)COCC(O)COC(=O)c4ccc5c(c4)C(=O)N(c4ccc(C#C)cc4)C5=O)cc3C2=O)cc1. The van der Waals surface area contributed by atoms with Gasteiger partial charge in [0.15, 0.2) is 0 Å². The maximum Gasteiger partial charge on any atom is 0.338 e. The van der Waals surface area contributed by atoms with E-state index >= 15 is 0 Å². The van der Waals surface area contributed by atoms with Crippen LogP contribution in [-0.2, 0) is 37.9 Å². The number of hydrogen-bond donors (Lipinski definition) is 4. The molecule has 0 fully saturated rings. The van der Waals surface area contributed by atoms with Gasteiger partial charge in [0, 0.05) is 22.3 Å². The van der Waals surface area contributed by atoms with Gasteiger partial charge in [-0.05, 0) is 170 Å². The number of aliphatic hydroxyl groups is 4. The molecular formula is C85H64N4O24. The van der Waals surface area contributed by atoms with Crippen LogP contribution in [0.3, 0.4) is 0 Å². The second-order valence-corrected chi connectivity index (χ2v) is 26.2. The number of carbonyl (C=O) groups excluding carboxylic acids is 12. The van der Waals surface area contributed by atoms with Gasteiger partial charge in [-0.1, -0.05) is 23.7 Å². The van der Waals surface area contributed by atoms with Gasteiger partial charge in [0.05, 0.1) is 148 Å². The largest absolute Gasteiger partial charge is 0.459 e. The summed E-state index contributed by atoms with van der Waals surface area (Å²) in [5.74, 6) is 0.233. The van der Waals surface area contributed by atoms with Crippen LogP contribution in [0.2, 0.25) is 0 Å². The Morgan fingerprint density at radius 1 is 0.283 bits per heavy atom. The molecule has 0 aromatic heterocycles. The third kappa shape index (κ3) is 17.1. The van der Waals surface area contributed by atoms with Gasteiger partial charge in [0.2, 0.25) is 0 Å². The molecule has 12 rings (SSSR count). The maximum absolute atomic E-state index is 13.6. The molecule has 8 aromatic carbocycles. The Morgan fingerprint density at radius 3 is 0.655 bits per heavy atom. The molecular weight excluding hydrogens is 1460 g/mol. The molecule has 113 heavy (non-hydrogen) atoms. The lowest BCUT2D eigenvalue weighted by molar-refractivity contribution is -0.137. The van der Waals surface area contributed by atoms with E-state index in [0.29, 0.717) is 22.3 Å². The average Bonchev–Trinajstić information content (AvgIpc) is 1.63. The monoisotopic (exact) mass is 1520 g/mol. The van der Waals surface area contributed by atoms with Crippen LogP contribution in [0.1, 0.15) is 147 Å². The van der Waals surface area contributed by atoms with Crippen molar-refractivity contribution in [3.63, 3.8) is 0 Å². The predicted molar refractivity (Wildman–Crippen MR) is 399 cm³/mol. The van der Waals surface area contributed by atoms with Crippen molar-refractivity contribution < 1.29 is 116 Å². The number of ether oxygens (including phenoxy) is 8. The topological polar surface area (TPSA) is 373 Å². The minimum atomic E-state index is -1.66. The molecule has 28 heteroatoms. The van der Waals surface area contributed by atoms with Gasteiger partial charge in [-0.15, -0.1) is 25.7 Å². The van der Waals surface area contributed by atoms with Crippen molar-refractivity contribution in [3.8, 4) is 49.4 Å². The molecule has 4 N–H and O–H groups in total. The molecule has 8 aromatic rings. The lowest BCUT2D eigenvalue weighted by Gasteiger charge is -2.34. The van der Waals surface area contributed by atoms with Gasteiger partial charge in [-0.3, -0.25) is 38.4 Å². The van der Waals surface area contributed by atoms with E-state index in [-0.39, 0.29) is 89.5 Å². The number of terminal acetylenes is 4. The molecule has 4 aliphatic heterocycles. The molecule has 0 radical (unpaired) electrons. The Balaban J connectivity index is 0.726. The number of esters is 4. The van der Waals surface area contributed by atoms with Crippen molar-refractivity contribution in [2.24, 2.45) is 5.41 Å². The maximum atomic E-state index is 13.6. The number of anilines is 4. The summed E-state index contributed by atoms with van der Waals surface area (Å²) in [5.41, 5.74) is 0.256. The zero-order valence-corrected chi connectivity index (χ0v) is 59.5. The van der Waals surface area contributed by atoms with Crippen molar-refractivity contribution in [2.45, 2.75) is 24.4 Å². The van der Waals surface area contributed by atoms with E-state index in [0.717, 1.165) is 19.6 Å². The zero-order chi connectivity index (χ0) is 80.4. The number of benzene rings is 8. The van der Waals surface area contributed by atoms with Crippen molar-refractivity contribution in [1.29, 1.82) is 0 Å². The molecule has 0 saturated heterocycles. The Labute approximate surface area is 643 Å². The highest BCUT2D eigenvalue weighted by atomic mass is 16.6. The molecule has 8 amide bonds. The first-order valence-electron chi connectivity index (χ1n) is 34.5. The predicted octanol–water partition coefficient (Wildman–Crippen LogP) is 6.04. The van der Waals surface area contributed by atoms with E-state index in [9.17, 15) is 78.0 Å². The van der Waals surface area contributed by atoms with E-state index in [4.69, 9.17) is 63.6 Å². The van der Waals surface area contributed by atoms with Crippen LogP contribution >= 0.6 is 0 Å². The third-order valence-electron chi connectivity index (χ3n) is 18.2. The van der Waals surface area contributed by atoms with Crippen molar-refractivity contribution in [1.82, 2.24) is 0 Å². The fourth-order valence-electron chi connectivity index (χ4n) is 12.3. The van der Waals surface area contributed by atoms with Gasteiger partial charge in [0.25, 0.3) is 47.3 Å². The highest BCUT2D eigenvalue weighted by Gasteiger charge is 2.42. The lowest BCUT2D eigenvalue weighted by Crippen LogP contribution is -2.44. The average molecular weight is 1530 g/mol. The normalized spacial score (nSPS) is 14.9. The van der Waals surface area contributed by atoms with Crippen LogP contribution in [0.25, 0.3) is 0 Å². The van der Waals surface area contributed by atoms with Gasteiger partial charge in [-0.25, -0.2) is 38.8 Å². The summed E-state index contributed by atoms with van der Waals surface area (Å²) in [7, 11) is 0. The highest BCUT2D eigenvalue weighted by molar-refractivity contribution is 6.37. The molecule has 0 aliphatic carbocycles. The molecule has 4 unspecified atom stereocenters. The zero-order valence-electron chi connectivity index (χ0n) is 59.5. The van der Waals surface area contributed by atoms with Crippen molar-refractivity contribution in [2.75, 3.05) is 98.9 Å². The number of aliphatic hydroxyl groups excluding tert-OH is 4. The lowest BCUT2D eigenvalue weighted by atomic mass is 9.92. The first-order valence-corrected chi connectivity index (χ1v) is 34.5. The number of nitrogens with zero attached hydrogens (tertiary/aromatic N) is 4. The summed E-state index contributed by atoms with van der Waals surface area (Å²) in [6.45, 7) is -7.50. The fourth-order valence-corrected chi connectivity index (χ4v) is 12.3. The smallest absolute Gasteiger partial charge is 0.338 e.